The van der Waals surface area contributed by atoms with Crippen molar-refractivity contribution >= 4 is 44.5 Å². The number of hydrogen-bond donors (Lipinski definition) is 2. The summed E-state index contributed by atoms with van der Waals surface area (Å²) in [5, 5.41) is 14.0. The maximum atomic E-state index is 12.4. The van der Waals surface area contributed by atoms with Gasteiger partial charge in [0, 0.05) is 25.2 Å². The van der Waals surface area contributed by atoms with Gasteiger partial charge in [-0.1, -0.05) is 11.8 Å². The topological polar surface area (TPSA) is 136 Å². The molecule has 2 aromatic heterocycles. The summed E-state index contributed by atoms with van der Waals surface area (Å²) in [5.74, 6) is 0.611. The molecule has 10 nitrogen and oxygen atoms in total. The van der Waals surface area contributed by atoms with Crippen LogP contribution in [0.3, 0.4) is 0 Å². The predicted molar refractivity (Wildman–Crippen MR) is 123 cm³/mol. The Hall–Kier alpha value is -2.70. The summed E-state index contributed by atoms with van der Waals surface area (Å²) in [6, 6.07) is 5.49. The molecule has 12 heteroatoms. The van der Waals surface area contributed by atoms with Crippen molar-refractivity contribution in [1.82, 2.24) is 25.1 Å². The van der Waals surface area contributed by atoms with Gasteiger partial charge in [-0.15, -0.1) is 0 Å². The molecule has 0 radical (unpaired) electrons. The number of nitrogens with one attached hydrogen (secondary N) is 1. The number of amides is 1. The normalized spacial score (nSPS) is 14.6. The average molecular weight is 476 g/mol. The van der Waals surface area contributed by atoms with Gasteiger partial charge in [0.1, 0.15) is 5.82 Å². The largest absolute Gasteiger partial charge is 0.356 e. The number of carbonyl (C=O) groups is 1. The van der Waals surface area contributed by atoms with Gasteiger partial charge in [0.05, 0.1) is 23.0 Å². The van der Waals surface area contributed by atoms with Crippen molar-refractivity contribution in [3.8, 4) is 0 Å². The maximum absolute atomic E-state index is 12.4. The summed E-state index contributed by atoms with van der Waals surface area (Å²) in [6.07, 6.45) is 7.28. The molecule has 32 heavy (non-hydrogen) atoms. The number of carbonyl (C=O) groups excluding carboxylic acids is 1. The van der Waals surface area contributed by atoms with Crippen molar-refractivity contribution in [1.29, 1.82) is 0 Å². The minimum atomic E-state index is -3.79. The molecule has 1 fully saturated rings. The fourth-order valence-electron chi connectivity index (χ4n) is 3.70. The first-order valence-electron chi connectivity index (χ1n) is 10.3. The third-order valence-corrected chi connectivity index (χ3v) is 6.82. The SMILES string of the molecule is CSc1nc(N2CCCCC2)c2cnn(CCNC(=O)c3ccc(S(N)(=O)=O)cc3)c2n1. The van der Waals surface area contributed by atoms with E-state index in [1.807, 2.05) is 6.26 Å². The molecule has 0 saturated carbocycles. The van der Waals surface area contributed by atoms with Gasteiger partial charge >= 0.3 is 0 Å². The third-order valence-electron chi connectivity index (χ3n) is 5.35. The van der Waals surface area contributed by atoms with E-state index < -0.39 is 10.0 Å². The number of aromatic nitrogens is 4. The summed E-state index contributed by atoms with van der Waals surface area (Å²) in [4.78, 5) is 24.0. The first-order chi connectivity index (χ1) is 15.4. The lowest BCUT2D eigenvalue weighted by Gasteiger charge is -2.28. The number of hydrogen-bond acceptors (Lipinski definition) is 8. The number of primary sulfonamides is 1. The van der Waals surface area contributed by atoms with Crippen LogP contribution in [0.2, 0.25) is 0 Å². The smallest absolute Gasteiger partial charge is 0.251 e. The maximum Gasteiger partial charge on any atom is 0.251 e. The van der Waals surface area contributed by atoms with E-state index in [4.69, 9.17) is 10.1 Å². The van der Waals surface area contributed by atoms with Crippen LogP contribution in [0, 0.1) is 0 Å². The van der Waals surface area contributed by atoms with Crippen LogP contribution in [0.4, 0.5) is 5.82 Å². The predicted octanol–water partition coefficient (Wildman–Crippen LogP) is 1.62. The third kappa shape index (κ3) is 4.87. The van der Waals surface area contributed by atoms with Crippen molar-refractivity contribution in [3.63, 3.8) is 0 Å². The minimum Gasteiger partial charge on any atom is -0.356 e. The Morgan fingerprint density at radius 2 is 1.88 bits per heavy atom. The summed E-state index contributed by atoms with van der Waals surface area (Å²) in [7, 11) is -3.79. The van der Waals surface area contributed by atoms with Crippen LogP contribution in [0.1, 0.15) is 29.6 Å². The van der Waals surface area contributed by atoms with Crippen molar-refractivity contribution in [2.24, 2.45) is 5.14 Å². The molecule has 3 N–H and O–H groups in total. The second-order valence-electron chi connectivity index (χ2n) is 7.51. The van der Waals surface area contributed by atoms with E-state index in [9.17, 15) is 13.2 Å². The van der Waals surface area contributed by atoms with E-state index in [2.05, 4.69) is 20.3 Å². The number of rotatable bonds is 7. The van der Waals surface area contributed by atoms with E-state index in [-0.39, 0.29) is 10.8 Å². The standard InChI is InChI=1S/C20H25N7O3S2/c1-31-20-24-17(26-10-3-2-4-11-26)16-13-23-27(18(16)25-20)12-9-22-19(28)14-5-7-15(8-6-14)32(21,29)30/h5-8,13H,2-4,9-12H2,1H3,(H,22,28)(H2,21,29,30). The summed E-state index contributed by atoms with van der Waals surface area (Å²) < 4.78 is 24.5. The number of nitrogens with zero attached hydrogens (tertiary/aromatic N) is 5. The fraction of sp³-hybridized carbons (Fsp3) is 0.400. The number of piperidine rings is 1. The second kappa shape index (κ2) is 9.43. The fourth-order valence-corrected chi connectivity index (χ4v) is 4.57. The van der Waals surface area contributed by atoms with Gasteiger partial charge in [-0.3, -0.25) is 4.79 Å². The summed E-state index contributed by atoms with van der Waals surface area (Å²) >= 11 is 1.49. The van der Waals surface area contributed by atoms with E-state index in [1.54, 1.807) is 10.9 Å². The van der Waals surface area contributed by atoms with Gasteiger partial charge in [0.15, 0.2) is 10.8 Å². The van der Waals surface area contributed by atoms with Gasteiger partial charge in [0.25, 0.3) is 5.91 Å². The van der Waals surface area contributed by atoms with Crippen LogP contribution >= 0.6 is 11.8 Å². The molecule has 0 unspecified atom stereocenters. The lowest BCUT2D eigenvalue weighted by atomic mass is 10.1. The Kier molecular flexibility index (Phi) is 6.63. The van der Waals surface area contributed by atoms with Crippen LogP contribution in [0.5, 0.6) is 0 Å². The molecule has 1 saturated heterocycles. The van der Waals surface area contributed by atoms with E-state index in [0.29, 0.717) is 23.8 Å². The molecule has 3 heterocycles. The lowest BCUT2D eigenvalue weighted by Crippen LogP contribution is -2.30. The molecule has 170 valence electrons. The van der Waals surface area contributed by atoms with Gasteiger partial charge in [-0.2, -0.15) is 5.10 Å². The highest BCUT2D eigenvalue weighted by Crippen LogP contribution is 2.28. The molecule has 1 amide bonds. The van der Waals surface area contributed by atoms with Crippen molar-refractivity contribution in [2.75, 3.05) is 30.8 Å². The quantitative estimate of drug-likeness (QED) is 0.389. The Morgan fingerprint density at radius 3 is 2.53 bits per heavy atom. The molecule has 0 bridgehead atoms. The number of nitrogens with two attached hydrogens (primary N) is 1. The number of sulfonamides is 1. The molecular formula is C20H25N7O3S2. The van der Waals surface area contributed by atoms with Crippen LogP contribution in [-0.4, -0.2) is 60.0 Å². The van der Waals surface area contributed by atoms with Crippen LogP contribution in [0.25, 0.3) is 11.0 Å². The minimum absolute atomic E-state index is 0.0362. The highest BCUT2D eigenvalue weighted by atomic mass is 32.2. The number of benzene rings is 1. The Labute approximate surface area is 190 Å². The first kappa shape index (κ1) is 22.5. The van der Waals surface area contributed by atoms with Gasteiger partial charge in [0.2, 0.25) is 10.0 Å². The highest BCUT2D eigenvalue weighted by molar-refractivity contribution is 7.98. The lowest BCUT2D eigenvalue weighted by molar-refractivity contribution is 0.0952. The molecule has 4 rings (SSSR count). The van der Waals surface area contributed by atoms with E-state index in [0.717, 1.165) is 42.8 Å². The van der Waals surface area contributed by atoms with Crippen LogP contribution < -0.4 is 15.4 Å². The Bertz CT molecular complexity index is 1220. The number of fused-ring (bicyclic) bond motifs is 1. The summed E-state index contributed by atoms with van der Waals surface area (Å²) in [6.45, 7) is 2.73. The zero-order valence-corrected chi connectivity index (χ0v) is 19.3. The summed E-state index contributed by atoms with van der Waals surface area (Å²) in [5.41, 5.74) is 1.10. The van der Waals surface area contributed by atoms with Gasteiger partial charge < -0.3 is 10.2 Å². The zero-order valence-electron chi connectivity index (χ0n) is 17.7. The molecule has 0 aliphatic carbocycles. The Balaban J connectivity index is 1.47. The Morgan fingerprint density at radius 1 is 1.16 bits per heavy atom. The molecule has 1 aliphatic rings. The molecule has 3 aromatic rings. The van der Waals surface area contributed by atoms with Gasteiger partial charge in [-0.05, 0) is 49.8 Å². The molecular weight excluding hydrogens is 450 g/mol. The van der Waals surface area contributed by atoms with Crippen LogP contribution in [-0.2, 0) is 16.6 Å². The van der Waals surface area contributed by atoms with Gasteiger partial charge in [-0.25, -0.2) is 28.2 Å². The zero-order chi connectivity index (χ0) is 22.7. The van der Waals surface area contributed by atoms with E-state index >= 15 is 0 Å². The number of thioether (sulfide) groups is 1. The van der Waals surface area contributed by atoms with Crippen LogP contribution in [0.15, 0.2) is 40.5 Å². The average Bonchev–Trinajstić information content (AvgIpc) is 3.21. The molecule has 0 atom stereocenters. The van der Waals surface area contributed by atoms with E-state index in [1.165, 1.54) is 42.4 Å². The second-order valence-corrected chi connectivity index (χ2v) is 9.85. The molecule has 0 spiro atoms. The molecule has 1 aliphatic heterocycles. The van der Waals surface area contributed by atoms with Crippen molar-refractivity contribution in [2.45, 2.75) is 35.9 Å². The monoisotopic (exact) mass is 475 g/mol. The van der Waals surface area contributed by atoms with Crippen molar-refractivity contribution in [3.05, 3.63) is 36.0 Å². The highest BCUT2D eigenvalue weighted by Gasteiger charge is 2.19. The first-order valence-corrected chi connectivity index (χ1v) is 13.1. The number of anilines is 1. The van der Waals surface area contributed by atoms with Crippen molar-refractivity contribution < 1.29 is 13.2 Å². The molecule has 1 aromatic carbocycles.